The van der Waals surface area contributed by atoms with Crippen LogP contribution in [0.2, 0.25) is 0 Å². The Morgan fingerprint density at radius 1 is 1.10 bits per heavy atom. The second-order valence-corrected chi connectivity index (χ2v) is 5.45. The van der Waals surface area contributed by atoms with E-state index in [9.17, 15) is 9.59 Å². The number of alkyl halides is 2. The first kappa shape index (κ1) is 17.1. The quantitative estimate of drug-likeness (QED) is 0.514. The van der Waals surface area contributed by atoms with Gasteiger partial charge in [0.1, 0.15) is 0 Å². The molecule has 1 aromatic heterocycles. The minimum atomic E-state index is -0.330. The number of carbonyl (C=O) groups is 2. The first-order valence-corrected chi connectivity index (χ1v) is 8.49. The molecule has 0 fully saturated rings. The predicted molar refractivity (Wildman–Crippen MR) is 85.8 cm³/mol. The Bertz CT molecular complexity index is 458. The molecule has 3 N–H and O–H groups in total. The van der Waals surface area contributed by atoms with Gasteiger partial charge in [0.2, 0.25) is 11.8 Å². The van der Waals surface area contributed by atoms with Gasteiger partial charge in [-0.3, -0.25) is 14.6 Å². The van der Waals surface area contributed by atoms with Gasteiger partial charge in [-0.2, -0.15) is 0 Å². The van der Waals surface area contributed by atoms with Gasteiger partial charge in [-0.05, 0) is 25.0 Å². The van der Waals surface area contributed by atoms with E-state index in [0.717, 1.165) is 17.1 Å². The molecule has 110 valence electrons. The Labute approximate surface area is 135 Å². The van der Waals surface area contributed by atoms with Crippen LogP contribution < -0.4 is 11.1 Å². The molecule has 0 aromatic carbocycles. The summed E-state index contributed by atoms with van der Waals surface area (Å²) in [6.45, 7) is 0. The van der Waals surface area contributed by atoms with Crippen molar-refractivity contribution in [1.82, 2.24) is 4.98 Å². The summed E-state index contributed by atoms with van der Waals surface area (Å²) in [6.07, 6.45) is 1.99. The molecule has 0 saturated carbocycles. The Balaban J connectivity index is 2.50. The van der Waals surface area contributed by atoms with Gasteiger partial charge in [-0.1, -0.05) is 31.9 Å². The number of hydrogen-bond donors (Lipinski definition) is 2. The number of unbranched alkanes of at least 4 members (excludes halogenated alkanes) is 1. The van der Waals surface area contributed by atoms with Crippen molar-refractivity contribution in [2.75, 3.05) is 5.32 Å². The van der Waals surface area contributed by atoms with Crippen LogP contribution in [0, 0.1) is 0 Å². The highest BCUT2D eigenvalue weighted by atomic mass is 79.9. The van der Waals surface area contributed by atoms with E-state index >= 15 is 0 Å². The largest absolute Gasteiger partial charge is 0.370 e. The van der Waals surface area contributed by atoms with Crippen molar-refractivity contribution in [2.24, 2.45) is 5.73 Å². The molecule has 2 amide bonds. The van der Waals surface area contributed by atoms with Gasteiger partial charge in [0.05, 0.1) is 11.4 Å². The molecular weight excluding hydrogens is 390 g/mol. The molecule has 0 bridgehead atoms. The van der Waals surface area contributed by atoms with E-state index in [2.05, 4.69) is 42.2 Å². The van der Waals surface area contributed by atoms with E-state index in [1.54, 1.807) is 0 Å². The third kappa shape index (κ3) is 6.47. The molecule has 1 rings (SSSR count). The lowest BCUT2D eigenvalue weighted by Crippen LogP contribution is -2.13. The van der Waals surface area contributed by atoms with E-state index in [4.69, 9.17) is 5.73 Å². The summed E-state index contributed by atoms with van der Waals surface area (Å²) in [5.74, 6) is -0.398. The van der Waals surface area contributed by atoms with Crippen LogP contribution in [0.5, 0.6) is 0 Å². The second kappa shape index (κ2) is 9.07. The summed E-state index contributed by atoms with van der Waals surface area (Å²) in [6, 6.07) is 3.67. The molecule has 0 aliphatic carbocycles. The van der Waals surface area contributed by atoms with E-state index in [1.807, 2.05) is 12.1 Å². The summed E-state index contributed by atoms with van der Waals surface area (Å²) in [5, 5.41) is 4.11. The Hall–Kier alpha value is -0.950. The zero-order chi connectivity index (χ0) is 15.0. The number of nitrogens with two attached hydrogens (primary N) is 1. The van der Waals surface area contributed by atoms with Crippen molar-refractivity contribution in [3.8, 4) is 0 Å². The molecule has 0 atom stereocenters. The third-order valence-electron chi connectivity index (χ3n) is 2.57. The average molecular weight is 407 g/mol. The fraction of sp³-hybridized carbons (Fsp3) is 0.462. The van der Waals surface area contributed by atoms with Crippen LogP contribution in [-0.4, -0.2) is 16.8 Å². The summed E-state index contributed by atoms with van der Waals surface area (Å²) < 4.78 is 0. The number of amides is 2. The van der Waals surface area contributed by atoms with Gasteiger partial charge < -0.3 is 11.1 Å². The van der Waals surface area contributed by atoms with Crippen LogP contribution in [0.15, 0.2) is 12.1 Å². The third-order valence-corrected chi connectivity index (χ3v) is 3.72. The van der Waals surface area contributed by atoms with Crippen molar-refractivity contribution in [3.05, 3.63) is 23.5 Å². The summed E-state index contributed by atoms with van der Waals surface area (Å²) in [5.41, 5.74) is 7.51. The molecule has 5 nitrogen and oxygen atoms in total. The van der Waals surface area contributed by atoms with E-state index in [0.29, 0.717) is 36.3 Å². The summed E-state index contributed by atoms with van der Waals surface area (Å²) in [4.78, 5) is 26.7. The Morgan fingerprint density at radius 2 is 1.65 bits per heavy atom. The SMILES string of the molecule is NC(=O)CCCCC(=O)Nc1cc(CBr)nc(CBr)c1. The van der Waals surface area contributed by atoms with Crippen LogP contribution >= 0.6 is 31.9 Å². The number of rotatable bonds is 8. The van der Waals surface area contributed by atoms with Crippen LogP contribution in [0.1, 0.15) is 37.1 Å². The lowest BCUT2D eigenvalue weighted by atomic mass is 10.2. The molecule has 7 heteroatoms. The monoisotopic (exact) mass is 405 g/mol. The fourth-order valence-electron chi connectivity index (χ4n) is 1.67. The second-order valence-electron chi connectivity index (χ2n) is 4.33. The smallest absolute Gasteiger partial charge is 0.224 e. The van der Waals surface area contributed by atoms with Gasteiger partial charge in [0.25, 0.3) is 0 Å². The van der Waals surface area contributed by atoms with Crippen molar-refractivity contribution in [3.63, 3.8) is 0 Å². The molecule has 0 spiro atoms. The predicted octanol–water partition coefficient (Wildman–Crippen LogP) is 2.86. The van der Waals surface area contributed by atoms with Gasteiger partial charge >= 0.3 is 0 Å². The summed E-state index contributed by atoms with van der Waals surface area (Å²) in [7, 11) is 0. The van der Waals surface area contributed by atoms with Crippen molar-refractivity contribution < 1.29 is 9.59 Å². The molecule has 0 saturated heterocycles. The van der Waals surface area contributed by atoms with E-state index in [1.165, 1.54) is 0 Å². The van der Waals surface area contributed by atoms with E-state index < -0.39 is 0 Å². The van der Waals surface area contributed by atoms with Crippen molar-refractivity contribution >= 4 is 49.4 Å². The lowest BCUT2D eigenvalue weighted by molar-refractivity contribution is -0.119. The number of halogens is 2. The van der Waals surface area contributed by atoms with Crippen LogP contribution in [0.3, 0.4) is 0 Å². The first-order valence-electron chi connectivity index (χ1n) is 6.25. The molecular formula is C13H17Br2N3O2. The molecule has 0 aliphatic heterocycles. The first-order chi connectivity index (χ1) is 9.55. The highest BCUT2D eigenvalue weighted by molar-refractivity contribution is 9.08. The van der Waals surface area contributed by atoms with Gasteiger partial charge in [0.15, 0.2) is 0 Å². The topological polar surface area (TPSA) is 85.1 Å². The fourth-order valence-corrected chi connectivity index (χ4v) is 2.24. The number of carbonyl (C=O) groups excluding carboxylic acids is 2. The normalized spacial score (nSPS) is 10.3. The number of nitrogens with one attached hydrogen (secondary N) is 1. The minimum Gasteiger partial charge on any atom is -0.370 e. The van der Waals surface area contributed by atoms with Crippen LogP contribution in [0.4, 0.5) is 5.69 Å². The molecule has 20 heavy (non-hydrogen) atoms. The number of hydrogen-bond acceptors (Lipinski definition) is 3. The maximum absolute atomic E-state index is 11.8. The maximum atomic E-state index is 11.8. The molecule has 1 heterocycles. The lowest BCUT2D eigenvalue weighted by Gasteiger charge is -2.08. The zero-order valence-corrected chi connectivity index (χ0v) is 14.2. The maximum Gasteiger partial charge on any atom is 0.224 e. The van der Waals surface area contributed by atoms with Crippen molar-refractivity contribution in [1.29, 1.82) is 0 Å². The standard InChI is InChI=1S/C13H17Br2N3O2/c14-7-10-5-9(6-11(8-15)17-10)18-13(20)4-2-1-3-12(16)19/h5-6H,1-4,7-8H2,(H2,16,19)(H,17,18,20). The van der Waals surface area contributed by atoms with Gasteiger partial charge in [-0.25, -0.2) is 0 Å². The number of anilines is 1. The molecule has 0 aliphatic rings. The van der Waals surface area contributed by atoms with Crippen LogP contribution in [0.25, 0.3) is 0 Å². The van der Waals surface area contributed by atoms with Gasteiger partial charge in [0, 0.05) is 29.2 Å². The number of nitrogens with zero attached hydrogens (tertiary/aromatic N) is 1. The van der Waals surface area contributed by atoms with E-state index in [-0.39, 0.29) is 11.8 Å². The zero-order valence-electron chi connectivity index (χ0n) is 11.0. The average Bonchev–Trinajstić information content (AvgIpc) is 2.42. The number of aromatic nitrogens is 1. The summed E-state index contributed by atoms with van der Waals surface area (Å²) >= 11 is 6.70. The highest BCUT2D eigenvalue weighted by Crippen LogP contribution is 2.16. The number of pyridine rings is 1. The van der Waals surface area contributed by atoms with Crippen molar-refractivity contribution in [2.45, 2.75) is 36.3 Å². The highest BCUT2D eigenvalue weighted by Gasteiger charge is 2.06. The minimum absolute atomic E-state index is 0.0679. The van der Waals surface area contributed by atoms with Gasteiger partial charge in [-0.15, -0.1) is 0 Å². The molecule has 0 unspecified atom stereocenters. The molecule has 1 aromatic rings. The van der Waals surface area contributed by atoms with Crippen LogP contribution in [-0.2, 0) is 20.2 Å². The Kier molecular flexibility index (Phi) is 7.76. The number of primary amides is 1. The molecule has 0 radical (unpaired) electrons. The Morgan fingerprint density at radius 3 is 2.15 bits per heavy atom.